The third-order valence-electron chi connectivity index (χ3n) is 8.97. The zero-order valence-corrected chi connectivity index (χ0v) is 18.8. The van der Waals surface area contributed by atoms with Crippen LogP contribution in [0.5, 0.6) is 0 Å². The van der Waals surface area contributed by atoms with Crippen molar-refractivity contribution >= 4 is 11.9 Å². The quantitative estimate of drug-likeness (QED) is 0.366. The number of hydrogen-bond acceptors (Lipinski definition) is 3. The number of rotatable bonds is 4. The van der Waals surface area contributed by atoms with Gasteiger partial charge in [-0.25, -0.2) is 4.79 Å². The Morgan fingerprint density at radius 2 is 1.97 bits per heavy atom. The fourth-order valence-corrected chi connectivity index (χ4v) is 7.48. The second kappa shape index (κ2) is 7.69. The number of carboxylic acid groups (broad SMARTS) is 1. The van der Waals surface area contributed by atoms with Crippen LogP contribution in [0.1, 0.15) is 72.6 Å². The molecule has 0 aromatic heterocycles. The first-order chi connectivity index (χ1) is 14.1. The van der Waals surface area contributed by atoms with E-state index in [1.165, 1.54) is 31.4 Å². The lowest BCUT2D eigenvalue weighted by Gasteiger charge is -2.57. The monoisotopic (exact) mass is 412 g/mol. The molecule has 30 heavy (non-hydrogen) atoms. The summed E-state index contributed by atoms with van der Waals surface area (Å²) in [5.41, 5.74) is 3.46. The van der Waals surface area contributed by atoms with Crippen LogP contribution in [0.2, 0.25) is 0 Å². The molecule has 4 rings (SSSR count). The highest BCUT2D eigenvalue weighted by molar-refractivity contribution is 5.79. The Kier molecular flexibility index (Phi) is 5.48. The highest BCUT2D eigenvalue weighted by atomic mass is 16.5. The summed E-state index contributed by atoms with van der Waals surface area (Å²) < 4.78 is 5.57. The fourth-order valence-electron chi connectivity index (χ4n) is 7.48. The molecule has 4 heteroatoms. The van der Waals surface area contributed by atoms with Crippen molar-refractivity contribution in [2.45, 2.75) is 78.7 Å². The van der Waals surface area contributed by atoms with Gasteiger partial charge in [-0.15, -0.1) is 0 Å². The number of fused-ring (bicyclic) bond motifs is 5. The summed E-state index contributed by atoms with van der Waals surface area (Å²) in [5, 5.41) is 9.02. The summed E-state index contributed by atoms with van der Waals surface area (Å²) in [5.74, 6) is 0.992. The van der Waals surface area contributed by atoms with Crippen LogP contribution in [0.25, 0.3) is 0 Å². The Morgan fingerprint density at radius 3 is 2.67 bits per heavy atom. The number of carboxylic acids is 1. The minimum atomic E-state index is -0.872. The molecule has 4 nitrogen and oxygen atoms in total. The minimum Gasteiger partial charge on any atom is -0.478 e. The van der Waals surface area contributed by atoms with Gasteiger partial charge in [0.25, 0.3) is 0 Å². The summed E-state index contributed by atoms with van der Waals surface area (Å²) >= 11 is 0. The van der Waals surface area contributed by atoms with Crippen molar-refractivity contribution in [1.82, 2.24) is 0 Å². The maximum absolute atomic E-state index is 11.4. The molecule has 0 aliphatic heterocycles. The molecule has 0 aromatic carbocycles. The Bertz CT molecular complexity index is 821. The summed E-state index contributed by atoms with van der Waals surface area (Å²) in [6.07, 6.45) is 15.9. The van der Waals surface area contributed by atoms with Crippen molar-refractivity contribution in [3.05, 3.63) is 35.5 Å². The first-order valence-corrected chi connectivity index (χ1v) is 11.6. The molecule has 1 N–H and O–H groups in total. The summed E-state index contributed by atoms with van der Waals surface area (Å²) in [6.45, 7) is 8.52. The van der Waals surface area contributed by atoms with Crippen molar-refractivity contribution in [3.8, 4) is 0 Å². The van der Waals surface area contributed by atoms with Gasteiger partial charge in [-0.1, -0.05) is 50.1 Å². The van der Waals surface area contributed by atoms with Crippen LogP contribution in [0.15, 0.2) is 35.5 Å². The first kappa shape index (κ1) is 21.4. The summed E-state index contributed by atoms with van der Waals surface area (Å²) in [4.78, 5) is 22.4. The fraction of sp³-hybridized carbons (Fsp3) is 0.692. The summed E-state index contributed by atoms with van der Waals surface area (Å²) in [6, 6.07) is 0. The van der Waals surface area contributed by atoms with Crippen molar-refractivity contribution < 1.29 is 19.4 Å². The van der Waals surface area contributed by atoms with Crippen LogP contribution in [-0.4, -0.2) is 23.1 Å². The molecule has 0 radical (unpaired) electrons. The normalized spacial score (nSPS) is 41.2. The maximum Gasteiger partial charge on any atom is 0.327 e. The third kappa shape index (κ3) is 3.46. The number of carbonyl (C=O) groups excluding carboxylic acids is 1. The van der Waals surface area contributed by atoms with Gasteiger partial charge in [0.05, 0.1) is 0 Å². The lowest BCUT2D eigenvalue weighted by Crippen LogP contribution is -2.48. The van der Waals surface area contributed by atoms with Crippen molar-refractivity contribution in [1.29, 1.82) is 0 Å². The predicted octanol–water partition coefficient (Wildman–Crippen LogP) is 5.69. The number of esters is 1. The van der Waals surface area contributed by atoms with Crippen LogP contribution in [0.4, 0.5) is 0 Å². The van der Waals surface area contributed by atoms with E-state index in [0.29, 0.717) is 17.8 Å². The van der Waals surface area contributed by atoms with Crippen LogP contribution >= 0.6 is 0 Å². The molecule has 0 unspecified atom stereocenters. The standard InChI is InChI=1S/C26H36O4/c1-16(5-10-24(28)29)21-8-9-22-20-7-6-18-15-19(30-17(2)27)11-13-25(18,3)23(20)12-14-26(21,22)4/h5,8,10,12,16,18-20,22H,6-7,9,11,13-15H2,1-4H3,(H,28,29)/b10-5+/t16-,18-,19-,20+,22+,25+,26-/m1/s1. The van der Waals surface area contributed by atoms with Gasteiger partial charge in [0.1, 0.15) is 6.10 Å². The highest BCUT2D eigenvalue weighted by Crippen LogP contribution is 2.65. The first-order valence-electron chi connectivity index (χ1n) is 11.6. The van der Waals surface area contributed by atoms with E-state index in [1.54, 1.807) is 5.57 Å². The van der Waals surface area contributed by atoms with Crippen LogP contribution in [-0.2, 0) is 14.3 Å². The number of allylic oxidation sites excluding steroid dienone is 5. The maximum atomic E-state index is 11.4. The second-order valence-electron chi connectivity index (χ2n) is 10.6. The number of carbonyl (C=O) groups is 2. The molecular weight excluding hydrogens is 376 g/mol. The van der Waals surface area contributed by atoms with E-state index in [-0.39, 0.29) is 28.8 Å². The highest BCUT2D eigenvalue weighted by Gasteiger charge is 2.55. The second-order valence-corrected chi connectivity index (χ2v) is 10.6. The Hall–Kier alpha value is -1.84. The molecule has 4 aliphatic carbocycles. The van der Waals surface area contributed by atoms with Gasteiger partial charge >= 0.3 is 11.9 Å². The molecule has 0 saturated heterocycles. The number of ether oxygens (including phenoxy) is 1. The van der Waals surface area contributed by atoms with Crippen molar-refractivity contribution in [2.24, 2.45) is 34.5 Å². The zero-order chi connectivity index (χ0) is 21.7. The van der Waals surface area contributed by atoms with E-state index >= 15 is 0 Å². The van der Waals surface area contributed by atoms with E-state index in [2.05, 4.69) is 32.9 Å². The molecular formula is C26H36O4. The Balaban J connectivity index is 1.55. The molecule has 2 saturated carbocycles. The van der Waals surface area contributed by atoms with Gasteiger partial charge in [-0.3, -0.25) is 4.79 Å². The van der Waals surface area contributed by atoms with Crippen LogP contribution in [0.3, 0.4) is 0 Å². The molecule has 0 heterocycles. The van der Waals surface area contributed by atoms with E-state index in [0.717, 1.165) is 32.1 Å². The topological polar surface area (TPSA) is 63.6 Å². The van der Waals surface area contributed by atoms with E-state index in [1.807, 2.05) is 6.08 Å². The summed E-state index contributed by atoms with van der Waals surface area (Å²) in [7, 11) is 0. The molecule has 0 spiro atoms. The third-order valence-corrected chi connectivity index (χ3v) is 8.97. The van der Waals surface area contributed by atoms with Gasteiger partial charge in [-0.2, -0.15) is 0 Å². The van der Waals surface area contributed by atoms with Crippen LogP contribution in [0, 0.1) is 34.5 Å². The van der Waals surface area contributed by atoms with Crippen molar-refractivity contribution in [2.75, 3.05) is 0 Å². The molecule has 164 valence electrons. The minimum absolute atomic E-state index is 0.0909. The van der Waals surface area contributed by atoms with Gasteiger partial charge in [0.2, 0.25) is 0 Å². The van der Waals surface area contributed by atoms with E-state index < -0.39 is 5.97 Å². The lowest BCUT2D eigenvalue weighted by atomic mass is 9.48. The molecule has 0 aromatic rings. The Labute approximate surface area is 180 Å². The van der Waals surface area contributed by atoms with Crippen LogP contribution < -0.4 is 0 Å². The van der Waals surface area contributed by atoms with Gasteiger partial charge in [0, 0.05) is 13.0 Å². The largest absolute Gasteiger partial charge is 0.478 e. The van der Waals surface area contributed by atoms with Gasteiger partial charge in [0.15, 0.2) is 0 Å². The smallest absolute Gasteiger partial charge is 0.327 e. The number of aliphatic carboxylic acids is 1. The van der Waals surface area contributed by atoms with Gasteiger partial charge in [-0.05, 0) is 79.4 Å². The average molecular weight is 413 g/mol. The predicted molar refractivity (Wildman–Crippen MR) is 117 cm³/mol. The van der Waals surface area contributed by atoms with E-state index in [4.69, 9.17) is 9.84 Å². The van der Waals surface area contributed by atoms with E-state index in [9.17, 15) is 9.59 Å². The SMILES string of the molecule is CC(=O)O[C@@H]1CC[C@]2(C)C3=CC[C@]4(C)C([C@H](C)/C=C/C(=O)O)=CC[C@H]4[C@@H]3CC[C@@H]2C1. The molecule has 2 fully saturated rings. The molecule has 4 aliphatic rings. The zero-order valence-electron chi connectivity index (χ0n) is 18.8. The molecule has 0 amide bonds. The van der Waals surface area contributed by atoms with Gasteiger partial charge < -0.3 is 9.84 Å². The Morgan fingerprint density at radius 1 is 1.20 bits per heavy atom. The lowest BCUT2D eigenvalue weighted by molar-refractivity contribution is -0.151. The average Bonchev–Trinajstić information content (AvgIpc) is 3.03. The molecule has 7 atom stereocenters. The molecule has 0 bridgehead atoms. The van der Waals surface area contributed by atoms with Crippen molar-refractivity contribution in [3.63, 3.8) is 0 Å². The number of hydrogen-bond donors (Lipinski definition) is 1.